The van der Waals surface area contributed by atoms with Crippen LogP contribution in [0.2, 0.25) is 0 Å². The Hall–Kier alpha value is -2.18. The highest BCUT2D eigenvalue weighted by Gasteiger charge is 2.24. The van der Waals surface area contributed by atoms with Gasteiger partial charge in [0.25, 0.3) is 0 Å². The maximum absolute atomic E-state index is 12.8. The summed E-state index contributed by atoms with van der Waals surface area (Å²) in [5.41, 5.74) is 0. The Kier molecular flexibility index (Phi) is 6.19. The number of benzene rings is 1. The maximum atomic E-state index is 12.8. The summed E-state index contributed by atoms with van der Waals surface area (Å²) in [4.78, 5) is 6.51. The number of β-amino-alcohol motifs (C(OH)–C–C–N with tert-alkyl or cyclic N) is 1. The lowest BCUT2D eigenvalue weighted by molar-refractivity contribution is 0.0748. The summed E-state index contributed by atoms with van der Waals surface area (Å²) in [6.45, 7) is 3.60. The van der Waals surface area contributed by atoms with Crippen LogP contribution in [0.5, 0.6) is 5.75 Å². The molecule has 6 heteroatoms. The van der Waals surface area contributed by atoms with Crippen molar-refractivity contribution in [3.05, 3.63) is 54.5 Å². The number of anilines is 1. The van der Waals surface area contributed by atoms with Crippen LogP contribution in [0, 0.1) is 11.7 Å². The number of rotatable bonds is 8. The summed E-state index contributed by atoms with van der Waals surface area (Å²) in [6.07, 6.45) is 2.32. The van der Waals surface area contributed by atoms with Crippen LogP contribution in [0.25, 0.3) is 0 Å². The molecule has 2 atom stereocenters. The second kappa shape index (κ2) is 8.78. The zero-order chi connectivity index (χ0) is 17.5. The Labute approximate surface area is 147 Å². The van der Waals surface area contributed by atoms with Crippen molar-refractivity contribution >= 4 is 5.82 Å². The highest BCUT2D eigenvalue weighted by molar-refractivity contribution is 5.33. The van der Waals surface area contributed by atoms with Crippen molar-refractivity contribution in [2.75, 3.05) is 38.1 Å². The summed E-state index contributed by atoms with van der Waals surface area (Å²) in [6, 6.07) is 11.7. The predicted octanol–water partition coefficient (Wildman–Crippen LogP) is 2.39. The van der Waals surface area contributed by atoms with E-state index in [0.717, 1.165) is 31.9 Å². The first kappa shape index (κ1) is 17.6. The van der Waals surface area contributed by atoms with Gasteiger partial charge in [-0.25, -0.2) is 9.37 Å². The Morgan fingerprint density at radius 2 is 2.12 bits per heavy atom. The van der Waals surface area contributed by atoms with Gasteiger partial charge in [0.05, 0.1) is 0 Å². The van der Waals surface area contributed by atoms with Gasteiger partial charge in [-0.05, 0) is 55.3 Å². The molecule has 2 heterocycles. The van der Waals surface area contributed by atoms with Crippen LogP contribution < -0.4 is 10.1 Å². The van der Waals surface area contributed by atoms with Crippen molar-refractivity contribution in [3.63, 3.8) is 0 Å². The maximum Gasteiger partial charge on any atom is 0.125 e. The molecule has 1 saturated heterocycles. The van der Waals surface area contributed by atoms with Crippen molar-refractivity contribution in [2.45, 2.75) is 12.5 Å². The second-order valence-electron chi connectivity index (χ2n) is 6.43. The Balaban J connectivity index is 1.35. The number of halogens is 1. The number of pyridine rings is 1. The van der Waals surface area contributed by atoms with Crippen LogP contribution >= 0.6 is 0 Å². The molecule has 1 aliphatic rings. The van der Waals surface area contributed by atoms with E-state index in [1.165, 1.54) is 12.1 Å². The van der Waals surface area contributed by atoms with Crippen LogP contribution in [0.3, 0.4) is 0 Å². The van der Waals surface area contributed by atoms with E-state index in [0.29, 0.717) is 18.2 Å². The van der Waals surface area contributed by atoms with Crippen LogP contribution in [0.1, 0.15) is 6.42 Å². The molecule has 5 nitrogen and oxygen atoms in total. The molecule has 134 valence electrons. The van der Waals surface area contributed by atoms with E-state index in [-0.39, 0.29) is 12.4 Å². The van der Waals surface area contributed by atoms with Gasteiger partial charge in [0, 0.05) is 25.8 Å². The van der Waals surface area contributed by atoms with Crippen molar-refractivity contribution in [1.82, 2.24) is 9.88 Å². The van der Waals surface area contributed by atoms with Gasteiger partial charge in [-0.15, -0.1) is 0 Å². The van der Waals surface area contributed by atoms with Crippen molar-refractivity contribution < 1.29 is 14.2 Å². The molecule has 0 bridgehead atoms. The van der Waals surface area contributed by atoms with Crippen molar-refractivity contribution in [2.24, 2.45) is 5.92 Å². The van der Waals surface area contributed by atoms with Gasteiger partial charge in [-0.2, -0.15) is 0 Å². The van der Waals surface area contributed by atoms with Gasteiger partial charge in [0.2, 0.25) is 0 Å². The van der Waals surface area contributed by atoms with E-state index in [1.54, 1.807) is 18.3 Å². The van der Waals surface area contributed by atoms with Gasteiger partial charge in [-0.3, -0.25) is 0 Å². The zero-order valence-corrected chi connectivity index (χ0v) is 14.1. The summed E-state index contributed by atoms with van der Waals surface area (Å²) >= 11 is 0. The van der Waals surface area contributed by atoms with Crippen molar-refractivity contribution in [1.29, 1.82) is 0 Å². The average Bonchev–Trinajstić information content (AvgIpc) is 3.08. The van der Waals surface area contributed by atoms with E-state index < -0.39 is 6.10 Å². The lowest BCUT2D eigenvalue weighted by Gasteiger charge is -2.20. The van der Waals surface area contributed by atoms with Crippen LogP contribution in [-0.4, -0.2) is 53.9 Å². The molecular weight excluding hydrogens is 321 g/mol. The summed E-state index contributed by atoms with van der Waals surface area (Å²) in [7, 11) is 0. The molecule has 3 rings (SSSR count). The molecule has 0 unspecified atom stereocenters. The number of aliphatic hydroxyl groups excluding tert-OH is 1. The van der Waals surface area contributed by atoms with E-state index in [4.69, 9.17) is 4.74 Å². The second-order valence-corrected chi connectivity index (χ2v) is 6.43. The third-order valence-electron chi connectivity index (χ3n) is 4.33. The lowest BCUT2D eigenvalue weighted by atomic mass is 10.1. The number of ether oxygens (including phenoxy) is 1. The Morgan fingerprint density at radius 3 is 2.88 bits per heavy atom. The highest BCUT2D eigenvalue weighted by atomic mass is 19.1. The first-order valence-corrected chi connectivity index (χ1v) is 8.63. The monoisotopic (exact) mass is 345 g/mol. The molecule has 0 spiro atoms. The van der Waals surface area contributed by atoms with Gasteiger partial charge in [0.15, 0.2) is 0 Å². The summed E-state index contributed by atoms with van der Waals surface area (Å²) in [5.74, 6) is 1.72. The zero-order valence-electron chi connectivity index (χ0n) is 14.1. The minimum atomic E-state index is -0.562. The Bertz CT molecular complexity index is 639. The minimum Gasteiger partial charge on any atom is -0.491 e. The van der Waals surface area contributed by atoms with Crippen LogP contribution in [0.4, 0.5) is 10.2 Å². The molecule has 0 saturated carbocycles. The van der Waals surface area contributed by atoms with Gasteiger partial charge in [0.1, 0.15) is 30.1 Å². The van der Waals surface area contributed by atoms with E-state index in [1.807, 2.05) is 18.2 Å². The largest absolute Gasteiger partial charge is 0.491 e. The van der Waals surface area contributed by atoms with Gasteiger partial charge < -0.3 is 20.1 Å². The average molecular weight is 345 g/mol. The highest BCUT2D eigenvalue weighted by Crippen LogP contribution is 2.17. The third-order valence-corrected chi connectivity index (χ3v) is 4.33. The van der Waals surface area contributed by atoms with E-state index >= 15 is 0 Å². The molecule has 2 aromatic rings. The van der Waals surface area contributed by atoms with Gasteiger partial charge >= 0.3 is 0 Å². The van der Waals surface area contributed by atoms with Gasteiger partial charge in [-0.1, -0.05) is 6.07 Å². The molecule has 1 aromatic carbocycles. The van der Waals surface area contributed by atoms with Crippen LogP contribution in [0.15, 0.2) is 48.7 Å². The molecule has 1 aliphatic heterocycles. The lowest BCUT2D eigenvalue weighted by Crippen LogP contribution is -2.34. The topological polar surface area (TPSA) is 57.6 Å². The molecule has 2 N–H and O–H groups in total. The van der Waals surface area contributed by atoms with Crippen LogP contribution in [-0.2, 0) is 0 Å². The standard InChI is InChI=1S/C19H24FN3O2/c20-16-4-6-18(7-5-16)25-14-17(24)13-23-10-8-15(12-23)11-22-19-3-1-2-9-21-19/h1-7,9,15,17,24H,8,10-14H2,(H,21,22)/t15-,17-/m1/s1. The molecular formula is C19H24FN3O2. The molecule has 25 heavy (non-hydrogen) atoms. The number of hydrogen-bond donors (Lipinski definition) is 2. The minimum absolute atomic E-state index is 0.207. The molecule has 0 radical (unpaired) electrons. The number of nitrogens with one attached hydrogen (secondary N) is 1. The fourth-order valence-corrected chi connectivity index (χ4v) is 3.04. The first-order valence-electron chi connectivity index (χ1n) is 8.63. The number of hydrogen-bond acceptors (Lipinski definition) is 5. The smallest absolute Gasteiger partial charge is 0.125 e. The number of likely N-dealkylation sites (tertiary alicyclic amines) is 1. The number of aromatic nitrogens is 1. The quantitative estimate of drug-likeness (QED) is 0.769. The van der Waals surface area contributed by atoms with Crippen molar-refractivity contribution in [3.8, 4) is 5.75 Å². The SMILES string of the molecule is O[C@@H](COc1ccc(F)cc1)CN1CC[C@H](CNc2ccccn2)C1. The number of nitrogens with zero attached hydrogens (tertiary/aromatic N) is 2. The molecule has 1 aromatic heterocycles. The molecule has 1 fully saturated rings. The fraction of sp³-hybridized carbons (Fsp3) is 0.421. The van der Waals surface area contributed by atoms with E-state index in [2.05, 4.69) is 15.2 Å². The number of aliphatic hydroxyl groups is 1. The third kappa shape index (κ3) is 5.69. The summed E-state index contributed by atoms with van der Waals surface area (Å²) in [5, 5.41) is 13.5. The predicted molar refractivity (Wildman–Crippen MR) is 95.2 cm³/mol. The molecule has 0 amide bonds. The fourth-order valence-electron chi connectivity index (χ4n) is 3.04. The first-order chi connectivity index (χ1) is 12.2. The summed E-state index contributed by atoms with van der Waals surface area (Å²) < 4.78 is 18.3. The van der Waals surface area contributed by atoms with E-state index in [9.17, 15) is 9.50 Å². The normalized spacial score (nSPS) is 18.9. The molecule has 0 aliphatic carbocycles. The Morgan fingerprint density at radius 1 is 1.28 bits per heavy atom.